The van der Waals surface area contributed by atoms with Gasteiger partial charge in [0.1, 0.15) is 13.2 Å². The Morgan fingerprint density at radius 3 is 2.62 bits per heavy atom. The summed E-state index contributed by atoms with van der Waals surface area (Å²) in [7, 11) is 0. The number of nitrogens with one attached hydrogen (secondary N) is 2. The van der Waals surface area contributed by atoms with E-state index in [1.807, 2.05) is 18.2 Å². The topological polar surface area (TPSA) is 103 Å². The van der Waals surface area contributed by atoms with Crippen LogP contribution in [0.25, 0.3) is 0 Å². The predicted molar refractivity (Wildman–Crippen MR) is 105 cm³/mol. The van der Waals surface area contributed by atoms with E-state index in [1.165, 1.54) is 13.0 Å². The number of hydrogen-bond acceptors (Lipinski definition) is 6. The Morgan fingerprint density at radius 2 is 1.83 bits per heavy atom. The molecule has 0 saturated heterocycles. The van der Waals surface area contributed by atoms with Gasteiger partial charge in [0.05, 0.1) is 5.56 Å². The summed E-state index contributed by atoms with van der Waals surface area (Å²) in [4.78, 5) is 35.1. The highest BCUT2D eigenvalue weighted by Gasteiger charge is 2.13. The third-order valence-electron chi connectivity index (χ3n) is 4.10. The SMILES string of the molecule is CC(=O)Nc1cccc(C(=O)OCC(=O)NCCc2ccc3c(c2)OCCO3)c1. The van der Waals surface area contributed by atoms with Crippen LogP contribution in [0.5, 0.6) is 11.5 Å². The van der Waals surface area contributed by atoms with Crippen molar-refractivity contribution in [2.75, 3.05) is 31.7 Å². The molecule has 8 nitrogen and oxygen atoms in total. The monoisotopic (exact) mass is 398 g/mol. The molecule has 1 aliphatic rings. The van der Waals surface area contributed by atoms with Crippen LogP contribution in [0.3, 0.4) is 0 Å². The Hall–Kier alpha value is -3.55. The molecule has 0 atom stereocenters. The van der Waals surface area contributed by atoms with Crippen molar-refractivity contribution in [1.29, 1.82) is 0 Å². The van der Waals surface area contributed by atoms with Crippen LogP contribution in [0.4, 0.5) is 5.69 Å². The lowest BCUT2D eigenvalue weighted by Gasteiger charge is -2.18. The molecule has 2 N–H and O–H groups in total. The van der Waals surface area contributed by atoms with Crippen molar-refractivity contribution in [1.82, 2.24) is 5.32 Å². The fourth-order valence-electron chi connectivity index (χ4n) is 2.78. The number of esters is 1. The summed E-state index contributed by atoms with van der Waals surface area (Å²) < 4.78 is 16.0. The Labute approximate surface area is 168 Å². The number of ether oxygens (including phenoxy) is 3. The highest BCUT2D eigenvalue weighted by molar-refractivity contribution is 5.94. The van der Waals surface area contributed by atoms with E-state index in [-0.39, 0.29) is 18.1 Å². The average molecular weight is 398 g/mol. The maximum absolute atomic E-state index is 12.1. The van der Waals surface area contributed by atoms with E-state index in [2.05, 4.69) is 10.6 Å². The fourth-order valence-corrected chi connectivity index (χ4v) is 2.78. The second-order valence-corrected chi connectivity index (χ2v) is 6.42. The molecule has 29 heavy (non-hydrogen) atoms. The van der Waals surface area contributed by atoms with Crippen molar-refractivity contribution in [2.45, 2.75) is 13.3 Å². The summed E-state index contributed by atoms with van der Waals surface area (Å²) >= 11 is 0. The van der Waals surface area contributed by atoms with Crippen molar-refractivity contribution in [3.05, 3.63) is 53.6 Å². The molecule has 0 bridgehead atoms. The van der Waals surface area contributed by atoms with Crippen LogP contribution in [0.2, 0.25) is 0 Å². The summed E-state index contributed by atoms with van der Waals surface area (Å²) in [5, 5.41) is 5.29. The van der Waals surface area contributed by atoms with Gasteiger partial charge in [0.25, 0.3) is 5.91 Å². The zero-order chi connectivity index (χ0) is 20.6. The molecule has 0 radical (unpaired) electrons. The zero-order valence-corrected chi connectivity index (χ0v) is 16.0. The first-order valence-corrected chi connectivity index (χ1v) is 9.21. The maximum atomic E-state index is 12.1. The summed E-state index contributed by atoms with van der Waals surface area (Å²) in [6, 6.07) is 12.0. The van der Waals surface area contributed by atoms with Crippen LogP contribution in [0, 0.1) is 0 Å². The summed E-state index contributed by atoms with van der Waals surface area (Å²) in [6.07, 6.45) is 0.606. The van der Waals surface area contributed by atoms with E-state index in [1.54, 1.807) is 18.2 Å². The molecule has 1 heterocycles. The third-order valence-corrected chi connectivity index (χ3v) is 4.10. The van der Waals surface area contributed by atoms with Crippen molar-refractivity contribution in [3.63, 3.8) is 0 Å². The minimum atomic E-state index is -0.640. The lowest BCUT2D eigenvalue weighted by atomic mass is 10.1. The molecule has 1 aliphatic heterocycles. The molecule has 0 unspecified atom stereocenters. The fraction of sp³-hybridized carbons (Fsp3) is 0.286. The van der Waals surface area contributed by atoms with Crippen molar-refractivity contribution in [3.8, 4) is 11.5 Å². The van der Waals surface area contributed by atoms with Crippen molar-refractivity contribution in [2.24, 2.45) is 0 Å². The number of carbonyl (C=O) groups excluding carboxylic acids is 3. The number of fused-ring (bicyclic) bond motifs is 1. The van der Waals surface area contributed by atoms with Gasteiger partial charge in [-0.05, 0) is 42.3 Å². The molecule has 2 amide bonds. The zero-order valence-electron chi connectivity index (χ0n) is 16.0. The molecule has 0 aliphatic carbocycles. The Balaban J connectivity index is 1.42. The molecule has 0 spiro atoms. The van der Waals surface area contributed by atoms with Gasteiger partial charge in [-0.2, -0.15) is 0 Å². The van der Waals surface area contributed by atoms with Crippen LogP contribution in [0.1, 0.15) is 22.8 Å². The average Bonchev–Trinajstić information content (AvgIpc) is 2.71. The molecule has 2 aromatic rings. The first-order valence-electron chi connectivity index (χ1n) is 9.21. The first kappa shape index (κ1) is 20.2. The Bertz CT molecular complexity index is 912. The van der Waals surface area contributed by atoms with E-state index in [0.29, 0.717) is 37.6 Å². The van der Waals surface area contributed by atoms with Gasteiger partial charge in [-0.15, -0.1) is 0 Å². The highest BCUT2D eigenvalue weighted by atomic mass is 16.6. The van der Waals surface area contributed by atoms with Gasteiger partial charge in [0.2, 0.25) is 5.91 Å². The predicted octanol–water partition coefficient (Wildman–Crippen LogP) is 1.93. The lowest BCUT2D eigenvalue weighted by molar-refractivity contribution is -0.124. The third kappa shape index (κ3) is 5.97. The van der Waals surface area contributed by atoms with E-state index in [9.17, 15) is 14.4 Å². The van der Waals surface area contributed by atoms with Crippen LogP contribution in [-0.2, 0) is 20.7 Å². The normalized spacial score (nSPS) is 12.0. The van der Waals surface area contributed by atoms with E-state index in [0.717, 1.165) is 11.3 Å². The van der Waals surface area contributed by atoms with E-state index in [4.69, 9.17) is 14.2 Å². The summed E-state index contributed by atoms with van der Waals surface area (Å²) in [5.41, 5.74) is 1.73. The second kappa shape index (κ2) is 9.59. The number of hydrogen-bond donors (Lipinski definition) is 2. The van der Waals surface area contributed by atoms with Gasteiger partial charge in [0, 0.05) is 19.2 Å². The Morgan fingerprint density at radius 1 is 1.03 bits per heavy atom. The van der Waals surface area contributed by atoms with Gasteiger partial charge in [0.15, 0.2) is 18.1 Å². The number of benzene rings is 2. The van der Waals surface area contributed by atoms with Crippen LogP contribution in [0.15, 0.2) is 42.5 Å². The lowest BCUT2D eigenvalue weighted by Crippen LogP contribution is -2.30. The van der Waals surface area contributed by atoms with Gasteiger partial charge in [-0.25, -0.2) is 4.79 Å². The Kier molecular flexibility index (Phi) is 6.67. The van der Waals surface area contributed by atoms with Crippen LogP contribution >= 0.6 is 0 Å². The molecule has 0 aromatic heterocycles. The molecular formula is C21H22N2O6. The van der Waals surface area contributed by atoms with Gasteiger partial charge in [-0.1, -0.05) is 12.1 Å². The van der Waals surface area contributed by atoms with Gasteiger partial charge in [-0.3, -0.25) is 9.59 Å². The number of carbonyl (C=O) groups is 3. The molecule has 8 heteroatoms. The van der Waals surface area contributed by atoms with Crippen molar-refractivity contribution >= 4 is 23.5 Å². The quantitative estimate of drug-likeness (QED) is 0.691. The molecular weight excluding hydrogens is 376 g/mol. The number of rotatable bonds is 7. The largest absolute Gasteiger partial charge is 0.486 e. The minimum Gasteiger partial charge on any atom is -0.486 e. The summed E-state index contributed by atoms with van der Waals surface area (Å²) in [6.45, 7) is 2.45. The molecule has 0 saturated carbocycles. The second-order valence-electron chi connectivity index (χ2n) is 6.42. The molecule has 0 fully saturated rings. The van der Waals surface area contributed by atoms with Crippen LogP contribution in [-0.4, -0.2) is 44.1 Å². The first-order chi connectivity index (χ1) is 14.0. The van der Waals surface area contributed by atoms with Crippen molar-refractivity contribution < 1.29 is 28.6 Å². The number of amides is 2. The molecule has 2 aromatic carbocycles. The van der Waals surface area contributed by atoms with E-state index >= 15 is 0 Å². The summed E-state index contributed by atoms with van der Waals surface area (Å²) in [5.74, 6) is 0.148. The highest BCUT2D eigenvalue weighted by Crippen LogP contribution is 2.30. The van der Waals surface area contributed by atoms with E-state index < -0.39 is 11.9 Å². The molecule has 3 rings (SSSR count). The standard InChI is InChI=1S/C21H22N2O6/c1-14(24)23-17-4-2-3-16(12-17)21(26)29-13-20(25)22-8-7-15-5-6-18-19(11-15)28-10-9-27-18/h2-6,11-12H,7-10,13H2,1H3,(H,22,25)(H,23,24). The van der Waals surface area contributed by atoms with Gasteiger partial charge >= 0.3 is 5.97 Å². The minimum absolute atomic E-state index is 0.243. The number of anilines is 1. The maximum Gasteiger partial charge on any atom is 0.338 e. The van der Waals surface area contributed by atoms with Gasteiger partial charge < -0.3 is 24.8 Å². The smallest absolute Gasteiger partial charge is 0.338 e. The van der Waals surface area contributed by atoms with Crippen LogP contribution < -0.4 is 20.1 Å². The molecule has 152 valence electrons.